The van der Waals surface area contributed by atoms with Crippen LogP contribution in [0.15, 0.2) is 53.0 Å². The van der Waals surface area contributed by atoms with E-state index in [4.69, 9.17) is 0 Å². The van der Waals surface area contributed by atoms with Crippen LogP contribution in [-0.4, -0.2) is 24.2 Å². The van der Waals surface area contributed by atoms with Crippen LogP contribution < -0.4 is 5.32 Å². The van der Waals surface area contributed by atoms with E-state index in [1.165, 1.54) is 12.7 Å². The summed E-state index contributed by atoms with van der Waals surface area (Å²) in [5.74, 6) is 0.303. The zero-order valence-electron chi connectivity index (χ0n) is 13.4. The van der Waals surface area contributed by atoms with Gasteiger partial charge in [-0.05, 0) is 48.9 Å². The highest BCUT2D eigenvalue weighted by molar-refractivity contribution is 9.10. The summed E-state index contributed by atoms with van der Waals surface area (Å²) in [6.45, 7) is 1.88. The Labute approximate surface area is 154 Å². The van der Waals surface area contributed by atoms with Crippen molar-refractivity contribution in [3.8, 4) is 0 Å². The Hall–Kier alpha value is -1.79. The second kappa shape index (κ2) is 8.89. The van der Waals surface area contributed by atoms with Gasteiger partial charge in [0.05, 0.1) is 17.9 Å². The van der Waals surface area contributed by atoms with Gasteiger partial charge in [-0.25, -0.2) is 4.79 Å². The number of amides is 1. The van der Waals surface area contributed by atoms with Crippen molar-refractivity contribution in [1.29, 1.82) is 0 Å². The van der Waals surface area contributed by atoms with Gasteiger partial charge in [-0.2, -0.15) is 0 Å². The van der Waals surface area contributed by atoms with Gasteiger partial charge < -0.3 is 10.1 Å². The average Bonchev–Trinajstić information content (AvgIpc) is 2.60. The van der Waals surface area contributed by atoms with Crippen LogP contribution in [0.1, 0.15) is 22.8 Å². The number of carbonyl (C=O) groups is 2. The SMILES string of the molecule is COC(=O)c1ccc(NC(=O)[C@@H](C)SCc2ccc(Br)cc2)cc1. The molecule has 6 heteroatoms. The van der Waals surface area contributed by atoms with Crippen LogP contribution in [0, 0.1) is 0 Å². The fourth-order valence-corrected chi connectivity index (χ4v) is 3.04. The monoisotopic (exact) mass is 407 g/mol. The van der Waals surface area contributed by atoms with Crippen molar-refractivity contribution in [1.82, 2.24) is 0 Å². The van der Waals surface area contributed by atoms with Crippen molar-refractivity contribution in [2.45, 2.75) is 17.9 Å². The first-order valence-electron chi connectivity index (χ1n) is 7.35. The van der Waals surface area contributed by atoms with Crippen molar-refractivity contribution in [3.63, 3.8) is 0 Å². The van der Waals surface area contributed by atoms with E-state index in [9.17, 15) is 9.59 Å². The largest absolute Gasteiger partial charge is 0.465 e. The highest BCUT2D eigenvalue weighted by atomic mass is 79.9. The molecule has 2 rings (SSSR count). The number of thioether (sulfide) groups is 1. The molecule has 0 aliphatic heterocycles. The number of ether oxygens (including phenoxy) is 1. The molecule has 0 aliphatic rings. The standard InChI is InChI=1S/C18H18BrNO3S/c1-12(24-11-13-3-7-15(19)8-4-13)17(21)20-16-9-5-14(6-10-16)18(22)23-2/h3-10,12H,11H2,1-2H3,(H,20,21)/t12-/m1/s1. The van der Waals surface area contributed by atoms with Gasteiger partial charge in [0.1, 0.15) is 0 Å². The number of hydrogen-bond donors (Lipinski definition) is 1. The summed E-state index contributed by atoms with van der Waals surface area (Å²) >= 11 is 4.98. The molecule has 0 spiro atoms. The number of halogens is 1. The van der Waals surface area contributed by atoms with Gasteiger partial charge in [-0.1, -0.05) is 28.1 Å². The summed E-state index contributed by atoms with van der Waals surface area (Å²) in [6, 6.07) is 14.7. The summed E-state index contributed by atoms with van der Waals surface area (Å²) in [5, 5.41) is 2.67. The molecule has 0 fully saturated rings. The van der Waals surface area contributed by atoms with Crippen molar-refractivity contribution < 1.29 is 14.3 Å². The molecule has 1 amide bonds. The summed E-state index contributed by atoms with van der Waals surface area (Å²) < 4.78 is 5.68. The van der Waals surface area contributed by atoms with Gasteiger partial charge in [-0.3, -0.25) is 4.79 Å². The Morgan fingerprint density at radius 3 is 2.33 bits per heavy atom. The highest BCUT2D eigenvalue weighted by Crippen LogP contribution is 2.21. The summed E-state index contributed by atoms with van der Waals surface area (Å²) in [7, 11) is 1.34. The first kappa shape index (κ1) is 18.5. The first-order valence-corrected chi connectivity index (χ1v) is 9.19. The van der Waals surface area contributed by atoms with Crippen LogP contribution in [0.5, 0.6) is 0 Å². The number of anilines is 1. The van der Waals surface area contributed by atoms with E-state index in [1.807, 2.05) is 31.2 Å². The van der Waals surface area contributed by atoms with Crippen molar-refractivity contribution in [2.75, 3.05) is 12.4 Å². The molecule has 0 radical (unpaired) electrons. The number of rotatable bonds is 6. The first-order chi connectivity index (χ1) is 11.5. The Morgan fingerprint density at radius 2 is 1.75 bits per heavy atom. The highest BCUT2D eigenvalue weighted by Gasteiger charge is 2.14. The Balaban J connectivity index is 1.86. The minimum atomic E-state index is -0.397. The maximum atomic E-state index is 12.2. The summed E-state index contributed by atoms with van der Waals surface area (Å²) in [6.07, 6.45) is 0. The number of carbonyl (C=O) groups excluding carboxylic acids is 2. The zero-order valence-corrected chi connectivity index (χ0v) is 15.8. The summed E-state index contributed by atoms with van der Waals surface area (Å²) in [5.41, 5.74) is 2.28. The van der Waals surface area contributed by atoms with Gasteiger partial charge in [0.25, 0.3) is 0 Å². The Morgan fingerprint density at radius 1 is 1.12 bits per heavy atom. The van der Waals surface area contributed by atoms with Crippen LogP contribution in [0.25, 0.3) is 0 Å². The normalized spacial score (nSPS) is 11.6. The molecule has 0 saturated heterocycles. The summed E-state index contributed by atoms with van der Waals surface area (Å²) in [4.78, 5) is 23.6. The number of hydrogen-bond acceptors (Lipinski definition) is 4. The van der Waals surface area contributed by atoms with E-state index in [-0.39, 0.29) is 11.2 Å². The maximum Gasteiger partial charge on any atom is 0.337 e. The molecular weight excluding hydrogens is 390 g/mol. The quantitative estimate of drug-likeness (QED) is 0.716. The number of methoxy groups -OCH3 is 1. The van der Waals surface area contributed by atoms with Crippen LogP contribution in [-0.2, 0) is 15.3 Å². The molecule has 0 bridgehead atoms. The van der Waals surface area contributed by atoms with E-state index in [0.717, 1.165) is 10.2 Å². The van der Waals surface area contributed by atoms with E-state index in [0.29, 0.717) is 11.3 Å². The van der Waals surface area contributed by atoms with Crippen LogP contribution in [0.3, 0.4) is 0 Å². The van der Waals surface area contributed by atoms with Crippen molar-refractivity contribution in [2.24, 2.45) is 0 Å². The number of nitrogens with one attached hydrogen (secondary N) is 1. The van der Waals surface area contributed by atoms with E-state index in [1.54, 1.807) is 36.0 Å². The lowest BCUT2D eigenvalue weighted by Crippen LogP contribution is -2.22. The molecule has 24 heavy (non-hydrogen) atoms. The lowest BCUT2D eigenvalue weighted by atomic mass is 10.2. The van der Waals surface area contributed by atoms with Crippen LogP contribution in [0.4, 0.5) is 5.69 Å². The van der Waals surface area contributed by atoms with Gasteiger partial charge in [0, 0.05) is 15.9 Å². The minimum absolute atomic E-state index is 0.0667. The van der Waals surface area contributed by atoms with E-state index in [2.05, 4.69) is 26.0 Å². The molecular formula is C18H18BrNO3S. The fraction of sp³-hybridized carbons (Fsp3) is 0.222. The third kappa shape index (κ3) is 5.39. The third-order valence-electron chi connectivity index (χ3n) is 3.36. The smallest absolute Gasteiger partial charge is 0.337 e. The van der Waals surface area contributed by atoms with Crippen LogP contribution in [0.2, 0.25) is 0 Å². The second-order valence-electron chi connectivity index (χ2n) is 5.14. The number of benzene rings is 2. The molecule has 1 atom stereocenters. The van der Waals surface area contributed by atoms with Crippen molar-refractivity contribution in [3.05, 3.63) is 64.1 Å². The van der Waals surface area contributed by atoms with E-state index >= 15 is 0 Å². The minimum Gasteiger partial charge on any atom is -0.465 e. The molecule has 0 heterocycles. The van der Waals surface area contributed by atoms with E-state index < -0.39 is 5.97 Å². The molecule has 0 unspecified atom stereocenters. The van der Waals surface area contributed by atoms with Crippen LogP contribution >= 0.6 is 27.7 Å². The van der Waals surface area contributed by atoms with Gasteiger partial charge in [0.15, 0.2) is 0 Å². The average molecular weight is 408 g/mol. The predicted octanol–water partition coefficient (Wildman–Crippen LogP) is 4.50. The fourth-order valence-electron chi connectivity index (χ4n) is 1.93. The predicted molar refractivity (Wildman–Crippen MR) is 101 cm³/mol. The molecule has 4 nitrogen and oxygen atoms in total. The van der Waals surface area contributed by atoms with Gasteiger partial charge >= 0.3 is 5.97 Å². The molecule has 2 aromatic carbocycles. The van der Waals surface area contributed by atoms with Gasteiger partial charge in [0.2, 0.25) is 5.91 Å². The Kier molecular flexibility index (Phi) is 6.87. The number of esters is 1. The molecule has 0 aromatic heterocycles. The molecule has 126 valence electrons. The maximum absolute atomic E-state index is 12.2. The Bertz CT molecular complexity index is 701. The second-order valence-corrected chi connectivity index (χ2v) is 7.38. The lowest BCUT2D eigenvalue weighted by Gasteiger charge is -2.12. The molecule has 0 aliphatic carbocycles. The molecule has 2 aromatic rings. The van der Waals surface area contributed by atoms with Gasteiger partial charge in [-0.15, -0.1) is 11.8 Å². The zero-order chi connectivity index (χ0) is 17.5. The topological polar surface area (TPSA) is 55.4 Å². The molecule has 0 saturated carbocycles. The third-order valence-corrected chi connectivity index (χ3v) is 5.10. The van der Waals surface area contributed by atoms with Crippen molar-refractivity contribution >= 4 is 45.3 Å². The molecule has 1 N–H and O–H groups in total. The lowest BCUT2D eigenvalue weighted by molar-refractivity contribution is -0.115.